The zero-order valence-corrected chi connectivity index (χ0v) is 8.41. The summed E-state index contributed by atoms with van der Waals surface area (Å²) in [6.07, 6.45) is 3.69. The van der Waals surface area contributed by atoms with Crippen LogP contribution in [0.15, 0.2) is 0 Å². The van der Waals surface area contributed by atoms with E-state index in [1.807, 2.05) is 0 Å². The molecule has 12 heavy (non-hydrogen) atoms. The van der Waals surface area contributed by atoms with Gasteiger partial charge in [0.2, 0.25) is 0 Å². The van der Waals surface area contributed by atoms with Gasteiger partial charge in [0.05, 0.1) is 0 Å². The van der Waals surface area contributed by atoms with Crippen molar-refractivity contribution in [1.29, 1.82) is 5.41 Å². The van der Waals surface area contributed by atoms with E-state index >= 15 is 0 Å². The van der Waals surface area contributed by atoms with Crippen LogP contribution in [0.25, 0.3) is 0 Å². The van der Waals surface area contributed by atoms with Crippen LogP contribution >= 0.6 is 0 Å². The lowest BCUT2D eigenvalue weighted by Crippen LogP contribution is -2.34. The highest BCUT2D eigenvalue weighted by Crippen LogP contribution is 2.07. The van der Waals surface area contributed by atoms with Crippen molar-refractivity contribution < 1.29 is 0 Å². The van der Waals surface area contributed by atoms with Gasteiger partial charge in [0.1, 0.15) is 0 Å². The molecule has 0 aromatic rings. The Morgan fingerprint density at radius 2 is 2.08 bits per heavy atom. The summed E-state index contributed by atoms with van der Waals surface area (Å²) in [6, 6.07) is 0. The van der Waals surface area contributed by atoms with Gasteiger partial charge in [-0.2, -0.15) is 0 Å². The maximum Gasteiger partial charge on any atom is 0.188 e. The van der Waals surface area contributed by atoms with Gasteiger partial charge in [-0.1, -0.05) is 26.7 Å². The van der Waals surface area contributed by atoms with E-state index in [4.69, 9.17) is 5.41 Å². The zero-order chi connectivity index (χ0) is 9.40. The molecule has 0 heterocycles. The minimum Gasteiger partial charge on any atom is -0.360 e. The third-order valence-electron chi connectivity index (χ3n) is 1.97. The lowest BCUT2D eigenvalue weighted by molar-refractivity contribution is 0.482. The summed E-state index contributed by atoms with van der Waals surface area (Å²) in [5, 5.41) is 13.0. The van der Waals surface area contributed by atoms with E-state index in [1.165, 1.54) is 12.8 Å². The number of hydrogen-bond acceptors (Lipinski definition) is 1. The Morgan fingerprint density at radius 3 is 2.58 bits per heavy atom. The van der Waals surface area contributed by atoms with Crippen LogP contribution in [-0.2, 0) is 0 Å². The molecule has 3 N–H and O–H groups in total. The predicted octanol–water partition coefficient (Wildman–Crippen LogP) is 1.56. The van der Waals surface area contributed by atoms with Crippen molar-refractivity contribution in [1.82, 2.24) is 10.6 Å². The van der Waals surface area contributed by atoms with Crippen molar-refractivity contribution in [2.75, 3.05) is 13.6 Å². The largest absolute Gasteiger partial charge is 0.360 e. The lowest BCUT2D eigenvalue weighted by atomic mass is 10.0. The Balaban J connectivity index is 3.24. The van der Waals surface area contributed by atoms with Crippen LogP contribution < -0.4 is 10.6 Å². The van der Waals surface area contributed by atoms with E-state index in [9.17, 15) is 0 Å². The molecule has 0 unspecified atom stereocenters. The van der Waals surface area contributed by atoms with Gasteiger partial charge in [0, 0.05) is 13.6 Å². The quantitative estimate of drug-likeness (QED) is 0.434. The molecule has 0 bridgehead atoms. The van der Waals surface area contributed by atoms with Crippen molar-refractivity contribution in [2.45, 2.75) is 33.1 Å². The fourth-order valence-corrected chi connectivity index (χ4v) is 1.17. The van der Waals surface area contributed by atoms with Crippen LogP contribution in [0.5, 0.6) is 0 Å². The molecule has 0 saturated carbocycles. The molecule has 0 aliphatic heterocycles. The van der Waals surface area contributed by atoms with Crippen molar-refractivity contribution in [3.05, 3.63) is 0 Å². The van der Waals surface area contributed by atoms with Crippen molar-refractivity contribution in [2.24, 2.45) is 5.92 Å². The fourth-order valence-electron chi connectivity index (χ4n) is 1.17. The smallest absolute Gasteiger partial charge is 0.188 e. The third kappa shape index (κ3) is 6.01. The monoisotopic (exact) mass is 171 g/mol. The number of hydrogen-bond donors (Lipinski definition) is 3. The Kier molecular flexibility index (Phi) is 6.53. The molecule has 3 heteroatoms. The van der Waals surface area contributed by atoms with Crippen LogP contribution in [0.2, 0.25) is 0 Å². The van der Waals surface area contributed by atoms with E-state index < -0.39 is 0 Å². The van der Waals surface area contributed by atoms with Crippen LogP contribution in [0, 0.1) is 11.3 Å². The second-order valence-electron chi connectivity index (χ2n) is 3.23. The maximum absolute atomic E-state index is 7.26. The summed E-state index contributed by atoms with van der Waals surface area (Å²) in [6.45, 7) is 5.37. The lowest BCUT2D eigenvalue weighted by Gasteiger charge is -2.11. The molecule has 0 aromatic heterocycles. The van der Waals surface area contributed by atoms with E-state index in [0.717, 1.165) is 18.9 Å². The summed E-state index contributed by atoms with van der Waals surface area (Å²) in [7, 11) is 1.75. The molecule has 1 atom stereocenters. The molecular weight excluding hydrogens is 150 g/mol. The molecule has 0 amide bonds. The zero-order valence-electron chi connectivity index (χ0n) is 8.41. The van der Waals surface area contributed by atoms with E-state index in [-0.39, 0.29) is 0 Å². The van der Waals surface area contributed by atoms with Crippen LogP contribution in [0.4, 0.5) is 0 Å². The van der Waals surface area contributed by atoms with Crippen LogP contribution in [0.1, 0.15) is 33.1 Å². The fraction of sp³-hybridized carbons (Fsp3) is 0.889. The molecule has 0 fully saturated rings. The second kappa shape index (κ2) is 6.95. The average molecular weight is 171 g/mol. The molecule has 0 spiro atoms. The summed E-state index contributed by atoms with van der Waals surface area (Å²) < 4.78 is 0. The summed E-state index contributed by atoms with van der Waals surface area (Å²) in [5.41, 5.74) is 0. The van der Waals surface area contributed by atoms with Crippen LogP contribution in [0.3, 0.4) is 0 Å². The molecule has 0 rings (SSSR count). The highest BCUT2D eigenvalue weighted by Gasteiger charge is 1.99. The van der Waals surface area contributed by atoms with Gasteiger partial charge in [-0.25, -0.2) is 0 Å². The van der Waals surface area contributed by atoms with Crippen molar-refractivity contribution in [3.63, 3.8) is 0 Å². The van der Waals surface area contributed by atoms with Gasteiger partial charge >= 0.3 is 0 Å². The standard InChI is InChI=1S/C9H21N3/c1-4-5-8(2)6-7-12-9(10)11-3/h8H,4-7H2,1-3H3,(H3,10,11,12)/t8-/m0/s1. The van der Waals surface area contributed by atoms with Gasteiger partial charge in [0.25, 0.3) is 0 Å². The van der Waals surface area contributed by atoms with Gasteiger partial charge in [-0.15, -0.1) is 0 Å². The van der Waals surface area contributed by atoms with E-state index in [1.54, 1.807) is 7.05 Å². The second-order valence-corrected chi connectivity index (χ2v) is 3.23. The Morgan fingerprint density at radius 1 is 1.42 bits per heavy atom. The molecule has 0 radical (unpaired) electrons. The number of nitrogens with one attached hydrogen (secondary N) is 3. The first-order valence-corrected chi connectivity index (χ1v) is 4.70. The average Bonchev–Trinajstić information content (AvgIpc) is 2.04. The summed E-state index contributed by atoms with van der Waals surface area (Å²) >= 11 is 0. The molecule has 3 nitrogen and oxygen atoms in total. The van der Waals surface area contributed by atoms with Crippen molar-refractivity contribution >= 4 is 5.96 Å². The number of rotatable bonds is 5. The van der Waals surface area contributed by atoms with Gasteiger partial charge in [-0.3, -0.25) is 5.41 Å². The maximum atomic E-state index is 7.26. The van der Waals surface area contributed by atoms with Gasteiger partial charge < -0.3 is 10.6 Å². The molecule has 0 aliphatic rings. The normalized spacial score (nSPS) is 12.2. The topological polar surface area (TPSA) is 47.9 Å². The van der Waals surface area contributed by atoms with Crippen LogP contribution in [-0.4, -0.2) is 19.6 Å². The minimum absolute atomic E-state index is 0.415. The molecule has 0 saturated heterocycles. The Labute approximate surface area is 75.4 Å². The Hall–Kier alpha value is -0.730. The van der Waals surface area contributed by atoms with E-state index in [0.29, 0.717) is 5.96 Å². The van der Waals surface area contributed by atoms with Gasteiger partial charge in [0.15, 0.2) is 5.96 Å². The first kappa shape index (κ1) is 11.3. The Bertz CT molecular complexity index is 123. The SMILES string of the molecule is CCC[C@H](C)CCNC(=N)NC. The molecular formula is C9H21N3. The highest BCUT2D eigenvalue weighted by atomic mass is 15.1. The first-order chi connectivity index (χ1) is 5.70. The van der Waals surface area contributed by atoms with Gasteiger partial charge in [-0.05, 0) is 12.3 Å². The molecule has 0 aliphatic carbocycles. The minimum atomic E-state index is 0.415. The third-order valence-corrected chi connectivity index (χ3v) is 1.97. The molecule has 72 valence electrons. The number of guanidine groups is 1. The van der Waals surface area contributed by atoms with E-state index in [2.05, 4.69) is 24.5 Å². The summed E-state index contributed by atoms with van der Waals surface area (Å²) in [5.74, 6) is 1.19. The molecule has 0 aromatic carbocycles. The first-order valence-electron chi connectivity index (χ1n) is 4.70. The highest BCUT2D eigenvalue weighted by molar-refractivity contribution is 5.75. The van der Waals surface area contributed by atoms with Crippen molar-refractivity contribution in [3.8, 4) is 0 Å². The summed E-state index contributed by atoms with van der Waals surface area (Å²) in [4.78, 5) is 0. The predicted molar refractivity (Wildman–Crippen MR) is 53.5 cm³/mol.